The molecule has 0 saturated carbocycles. The standard InChI is InChI=1S/C19H18N2O3S/c1-13(17-6-4-12-25-17)21(2)19(23)14-7-9-15(10-8-14)20-18(22)16-5-3-11-24-16/h3-13H,1-2H3,(H,20,22). The molecular weight excluding hydrogens is 336 g/mol. The highest BCUT2D eigenvalue weighted by atomic mass is 32.1. The third-order valence-electron chi connectivity index (χ3n) is 3.99. The summed E-state index contributed by atoms with van der Waals surface area (Å²) in [6.07, 6.45) is 1.45. The number of carbonyl (C=O) groups excluding carboxylic acids is 2. The molecule has 2 amide bonds. The smallest absolute Gasteiger partial charge is 0.291 e. The molecule has 5 nitrogen and oxygen atoms in total. The summed E-state index contributed by atoms with van der Waals surface area (Å²) >= 11 is 1.63. The van der Waals surface area contributed by atoms with E-state index in [2.05, 4.69) is 5.32 Å². The molecule has 0 fully saturated rings. The molecule has 3 rings (SSSR count). The third-order valence-corrected chi connectivity index (χ3v) is 5.03. The molecule has 3 aromatic rings. The highest BCUT2D eigenvalue weighted by Crippen LogP contribution is 2.25. The molecule has 0 saturated heterocycles. The Kier molecular flexibility index (Phi) is 5.00. The first-order valence-electron chi connectivity index (χ1n) is 7.81. The predicted molar refractivity (Wildman–Crippen MR) is 97.9 cm³/mol. The lowest BCUT2D eigenvalue weighted by molar-refractivity contribution is 0.0745. The van der Waals surface area contributed by atoms with Gasteiger partial charge in [0.2, 0.25) is 0 Å². The summed E-state index contributed by atoms with van der Waals surface area (Å²) in [6.45, 7) is 2.00. The molecule has 0 bridgehead atoms. The van der Waals surface area contributed by atoms with E-state index in [1.54, 1.807) is 59.7 Å². The quantitative estimate of drug-likeness (QED) is 0.737. The van der Waals surface area contributed by atoms with E-state index < -0.39 is 0 Å². The van der Waals surface area contributed by atoms with E-state index in [1.165, 1.54) is 6.26 Å². The number of rotatable bonds is 5. The lowest BCUT2D eigenvalue weighted by atomic mass is 10.1. The highest BCUT2D eigenvalue weighted by molar-refractivity contribution is 7.10. The van der Waals surface area contributed by atoms with Gasteiger partial charge in [-0.2, -0.15) is 0 Å². The average molecular weight is 354 g/mol. The summed E-state index contributed by atoms with van der Waals surface area (Å²) in [5.41, 5.74) is 1.17. The zero-order valence-electron chi connectivity index (χ0n) is 13.9. The summed E-state index contributed by atoms with van der Waals surface area (Å²) < 4.78 is 5.05. The van der Waals surface area contributed by atoms with Crippen LogP contribution in [0.3, 0.4) is 0 Å². The second-order valence-electron chi connectivity index (χ2n) is 5.62. The molecule has 2 heterocycles. The fourth-order valence-corrected chi connectivity index (χ4v) is 3.22. The first-order valence-corrected chi connectivity index (χ1v) is 8.69. The number of anilines is 1. The Labute approximate surface area is 149 Å². The van der Waals surface area contributed by atoms with E-state index in [9.17, 15) is 9.59 Å². The molecule has 1 N–H and O–H groups in total. The van der Waals surface area contributed by atoms with Gasteiger partial charge in [0.05, 0.1) is 12.3 Å². The van der Waals surface area contributed by atoms with Crippen LogP contribution in [0.1, 0.15) is 38.8 Å². The number of hydrogen-bond acceptors (Lipinski definition) is 4. The van der Waals surface area contributed by atoms with Crippen LogP contribution < -0.4 is 5.32 Å². The van der Waals surface area contributed by atoms with Crippen LogP contribution in [0.15, 0.2) is 64.6 Å². The van der Waals surface area contributed by atoms with Gasteiger partial charge in [0.1, 0.15) is 0 Å². The van der Waals surface area contributed by atoms with Gasteiger partial charge in [0.15, 0.2) is 5.76 Å². The van der Waals surface area contributed by atoms with Crippen LogP contribution in [0.4, 0.5) is 5.69 Å². The molecular formula is C19H18N2O3S. The molecule has 0 spiro atoms. The van der Waals surface area contributed by atoms with E-state index in [0.717, 1.165) is 4.88 Å². The van der Waals surface area contributed by atoms with Gasteiger partial charge in [-0.25, -0.2) is 0 Å². The highest BCUT2D eigenvalue weighted by Gasteiger charge is 2.19. The first kappa shape index (κ1) is 17.0. The van der Waals surface area contributed by atoms with E-state index in [0.29, 0.717) is 11.3 Å². The monoisotopic (exact) mass is 354 g/mol. The summed E-state index contributed by atoms with van der Waals surface area (Å²) in [4.78, 5) is 27.4. The van der Waals surface area contributed by atoms with E-state index in [-0.39, 0.29) is 23.6 Å². The van der Waals surface area contributed by atoms with Crippen molar-refractivity contribution in [3.8, 4) is 0 Å². The Morgan fingerprint density at radius 1 is 1.12 bits per heavy atom. The second-order valence-corrected chi connectivity index (χ2v) is 6.60. The maximum Gasteiger partial charge on any atom is 0.291 e. The van der Waals surface area contributed by atoms with Gasteiger partial charge in [-0.3, -0.25) is 9.59 Å². The summed E-state index contributed by atoms with van der Waals surface area (Å²) in [6, 6.07) is 14.1. The second kappa shape index (κ2) is 7.36. The van der Waals surface area contributed by atoms with Crippen LogP contribution >= 0.6 is 11.3 Å². The normalized spacial score (nSPS) is 11.8. The van der Waals surface area contributed by atoms with Crippen molar-refractivity contribution in [3.63, 3.8) is 0 Å². The third kappa shape index (κ3) is 3.80. The Morgan fingerprint density at radius 2 is 1.88 bits per heavy atom. The van der Waals surface area contributed by atoms with Crippen molar-refractivity contribution in [3.05, 3.63) is 76.4 Å². The maximum absolute atomic E-state index is 12.6. The number of nitrogens with one attached hydrogen (secondary N) is 1. The molecule has 128 valence electrons. The molecule has 6 heteroatoms. The van der Waals surface area contributed by atoms with Gasteiger partial charge < -0.3 is 14.6 Å². The van der Waals surface area contributed by atoms with Crippen molar-refractivity contribution < 1.29 is 14.0 Å². The Hall–Kier alpha value is -2.86. The van der Waals surface area contributed by atoms with Gasteiger partial charge in [-0.1, -0.05) is 6.07 Å². The van der Waals surface area contributed by atoms with Crippen LogP contribution in [0.5, 0.6) is 0 Å². The number of nitrogens with zero attached hydrogens (tertiary/aromatic N) is 1. The predicted octanol–water partition coefficient (Wildman–Crippen LogP) is 4.43. The molecule has 1 atom stereocenters. The maximum atomic E-state index is 12.6. The molecule has 25 heavy (non-hydrogen) atoms. The number of furan rings is 1. The summed E-state index contributed by atoms with van der Waals surface area (Å²) in [5, 5.41) is 4.73. The van der Waals surface area contributed by atoms with Crippen molar-refractivity contribution >= 4 is 28.8 Å². The Bertz CT molecular complexity index is 839. The van der Waals surface area contributed by atoms with E-state index >= 15 is 0 Å². The molecule has 0 aliphatic carbocycles. The number of hydrogen-bond donors (Lipinski definition) is 1. The molecule has 1 aromatic carbocycles. The van der Waals surface area contributed by atoms with E-state index in [1.807, 2.05) is 24.4 Å². The van der Waals surface area contributed by atoms with Crippen LogP contribution in [-0.4, -0.2) is 23.8 Å². The molecule has 2 aromatic heterocycles. The number of benzene rings is 1. The summed E-state index contributed by atoms with van der Waals surface area (Å²) in [5.74, 6) is -0.151. The van der Waals surface area contributed by atoms with Crippen LogP contribution in [-0.2, 0) is 0 Å². The average Bonchev–Trinajstić information content (AvgIpc) is 3.33. The number of thiophene rings is 1. The lowest BCUT2D eigenvalue weighted by Gasteiger charge is -2.24. The topological polar surface area (TPSA) is 62.6 Å². The molecule has 1 unspecified atom stereocenters. The number of carbonyl (C=O) groups is 2. The van der Waals surface area contributed by atoms with Gasteiger partial charge in [-0.05, 0) is 54.8 Å². The Morgan fingerprint density at radius 3 is 2.48 bits per heavy atom. The fourth-order valence-electron chi connectivity index (χ4n) is 2.40. The van der Waals surface area contributed by atoms with Crippen molar-refractivity contribution in [2.45, 2.75) is 13.0 Å². The largest absolute Gasteiger partial charge is 0.459 e. The molecule has 0 radical (unpaired) electrons. The van der Waals surface area contributed by atoms with Crippen molar-refractivity contribution in [2.75, 3.05) is 12.4 Å². The van der Waals surface area contributed by atoms with Crippen LogP contribution in [0.2, 0.25) is 0 Å². The summed E-state index contributed by atoms with van der Waals surface area (Å²) in [7, 11) is 1.79. The Balaban J connectivity index is 1.67. The van der Waals surface area contributed by atoms with Crippen LogP contribution in [0, 0.1) is 0 Å². The van der Waals surface area contributed by atoms with Crippen LogP contribution in [0.25, 0.3) is 0 Å². The van der Waals surface area contributed by atoms with E-state index in [4.69, 9.17) is 4.42 Å². The molecule has 0 aliphatic rings. The SMILES string of the molecule is CC(c1cccs1)N(C)C(=O)c1ccc(NC(=O)c2ccco2)cc1. The van der Waals surface area contributed by atoms with Gasteiger partial charge in [-0.15, -0.1) is 11.3 Å². The van der Waals surface area contributed by atoms with Gasteiger partial charge >= 0.3 is 0 Å². The van der Waals surface area contributed by atoms with Crippen molar-refractivity contribution in [1.82, 2.24) is 4.90 Å². The zero-order valence-corrected chi connectivity index (χ0v) is 14.7. The zero-order chi connectivity index (χ0) is 17.8. The minimum Gasteiger partial charge on any atom is -0.459 e. The minimum atomic E-state index is -0.326. The first-order chi connectivity index (χ1) is 12.1. The fraction of sp³-hybridized carbons (Fsp3) is 0.158. The van der Waals surface area contributed by atoms with Crippen molar-refractivity contribution in [2.24, 2.45) is 0 Å². The lowest BCUT2D eigenvalue weighted by Crippen LogP contribution is -2.29. The van der Waals surface area contributed by atoms with Gasteiger partial charge in [0, 0.05) is 23.2 Å². The minimum absolute atomic E-state index is 0.00540. The van der Waals surface area contributed by atoms with Crippen molar-refractivity contribution in [1.29, 1.82) is 0 Å². The number of amides is 2. The van der Waals surface area contributed by atoms with Gasteiger partial charge in [0.25, 0.3) is 11.8 Å². The molecule has 0 aliphatic heterocycles.